The quantitative estimate of drug-likeness (QED) is 0.863. The summed E-state index contributed by atoms with van der Waals surface area (Å²) in [6, 6.07) is 4.01. The number of rotatable bonds is 2. The van der Waals surface area contributed by atoms with E-state index in [1.54, 1.807) is 11.3 Å². The third-order valence-corrected chi connectivity index (χ3v) is 3.91. The molecule has 1 N–H and O–H groups in total. The van der Waals surface area contributed by atoms with Crippen LogP contribution in [0.1, 0.15) is 38.5 Å². The van der Waals surface area contributed by atoms with E-state index in [-0.39, 0.29) is 0 Å². The van der Waals surface area contributed by atoms with Gasteiger partial charge in [-0.15, -0.1) is 11.3 Å². The molecule has 2 heterocycles. The summed E-state index contributed by atoms with van der Waals surface area (Å²) in [7, 11) is 0. The SMILES string of the molecule is Cc1cc(C(O)c2sc(C)cc2C)c(C)o1. The van der Waals surface area contributed by atoms with Crippen LogP contribution in [0.3, 0.4) is 0 Å². The first-order valence-corrected chi connectivity index (χ1v) is 6.12. The van der Waals surface area contributed by atoms with Crippen molar-refractivity contribution >= 4 is 11.3 Å². The number of hydrogen-bond donors (Lipinski definition) is 1. The topological polar surface area (TPSA) is 33.4 Å². The highest BCUT2D eigenvalue weighted by Gasteiger charge is 2.19. The van der Waals surface area contributed by atoms with Crippen LogP contribution in [0.15, 0.2) is 16.5 Å². The van der Waals surface area contributed by atoms with Crippen LogP contribution in [0.25, 0.3) is 0 Å². The summed E-state index contributed by atoms with van der Waals surface area (Å²) >= 11 is 1.64. The fourth-order valence-electron chi connectivity index (χ4n) is 1.99. The van der Waals surface area contributed by atoms with E-state index in [2.05, 4.69) is 13.0 Å². The van der Waals surface area contributed by atoms with Gasteiger partial charge in [0.25, 0.3) is 0 Å². The minimum atomic E-state index is -0.559. The van der Waals surface area contributed by atoms with Crippen LogP contribution >= 0.6 is 11.3 Å². The average molecular weight is 236 g/mol. The Balaban J connectivity index is 2.42. The van der Waals surface area contributed by atoms with Crippen molar-refractivity contribution in [3.63, 3.8) is 0 Å². The van der Waals surface area contributed by atoms with Gasteiger partial charge in [-0.3, -0.25) is 0 Å². The van der Waals surface area contributed by atoms with Crippen LogP contribution in [0, 0.1) is 27.7 Å². The van der Waals surface area contributed by atoms with Crippen molar-refractivity contribution in [1.82, 2.24) is 0 Å². The summed E-state index contributed by atoms with van der Waals surface area (Å²) in [6.07, 6.45) is -0.559. The third-order valence-electron chi connectivity index (χ3n) is 2.70. The van der Waals surface area contributed by atoms with Crippen molar-refractivity contribution in [1.29, 1.82) is 0 Å². The molecule has 1 unspecified atom stereocenters. The first kappa shape index (κ1) is 11.4. The maximum Gasteiger partial charge on any atom is 0.117 e. The van der Waals surface area contributed by atoms with Gasteiger partial charge in [-0.1, -0.05) is 0 Å². The van der Waals surface area contributed by atoms with Gasteiger partial charge in [-0.25, -0.2) is 0 Å². The second kappa shape index (κ2) is 4.07. The van der Waals surface area contributed by atoms with E-state index in [0.29, 0.717) is 0 Å². The van der Waals surface area contributed by atoms with Crippen molar-refractivity contribution < 1.29 is 9.52 Å². The Kier molecular flexibility index (Phi) is 2.91. The minimum Gasteiger partial charge on any atom is -0.466 e. The predicted molar refractivity (Wildman–Crippen MR) is 66.0 cm³/mol. The van der Waals surface area contributed by atoms with Gasteiger partial charge in [0, 0.05) is 15.3 Å². The van der Waals surface area contributed by atoms with Gasteiger partial charge in [0.1, 0.15) is 17.6 Å². The van der Waals surface area contributed by atoms with Crippen LogP contribution in [0.5, 0.6) is 0 Å². The zero-order valence-electron chi connectivity index (χ0n) is 10.00. The van der Waals surface area contributed by atoms with Gasteiger partial charge in [0.15, 0.2) is 0 Å². The van der Waals surface area contributed by atoms with Gasteiger partial charge in [-0.05, 0) is 45.4 Å². The molecule has 0 saturated heterocycles. The Morgan fingerprint density at radius 1 is 1.19 bits per heavy atom. The van der Waals surface area contributed by atoms with Crippen LogP contribution in [0.4, 0.5) is 0 Å². The van der Waals surface area contributed by atoms with Gasteiger partial charge < -0.3 is 9.52 Å². The van der Waals surface area contributed by atoms with Crippen molar-refractivity contribution in [3.8, 4) is 0 Å². The molecule has 0 aliphatic carbocycles. The molecule has 2 aromatic rings. The van der Waals surface area contributed by atoms with Gasteiger partial charge >= 0.3 is 0 Å². The minimum absolute atomic E-state index is 0.559. The first-order chi connectivity index (χ1) is 7.49. The highest BCUT2D eigenvalue weighted by atomic mass is 32.1. The molecular weight excluding hydrogens is 220 g/mol. The second-order valence-corrected chi connectivity index (χ2v) is 5.46. The Hall–Kier alpha value is -1.06. The Morgan fingerprint density at radius 2 is 1.88 bits per heavy atom. The summed E-state index contributed by atoms with van der Waals surface area (Å²) in [5.74, 6) is 1.65. The van der Waals surface area contributed by atoms with E-state index in [1.807, 2.05) is 26.8 Å². The third kappa shape index (κ3) is 1.93. The standard InChI is InChI=1S/C13H16O2S/c1-7-5-9(3)16-13(7)12(14)11-6-8(2)15-10(11)4/h5-6,12,14H,1-4H3. The molecule has 0 aliphatic heterocycles. The van der Waals surface area contributed by atoms with E-state index in [0.717, 1.165) is 27.5 Å². The molecule has 86 valence electrons. The number of aliphatic hydroxyl groups excluding tert-OH is 1. The maximum absolute atomic E-state index is 10.3. The molecule has 2 nitrogen and oxygen atoms in total. The molecule has 0 spiro atoms. The molecule has 0 fully saturated rings. The summed E-state index contributed by atoms with van der Waals surface area (Å²) in [5, 5.41) is 10.3. The normalized spacial score (nSPS) is 13.1. The molecule has 2 rings (SSSR count). The smallest absolute Gasteiger partial charge is 0.117 e. The average Bonchev–Trinajstić information content (AvgIpc) is 2.68. The Bertz CT molecular complexity index is 462. The fraction of sp³-hybridized carbons (Fsp3) is 0.385. The summed E-state index contributed by atoms with van der Waals surface area (Å²) in [5.41, 5.74) is 2.02. The summed E-state index contributed by atoms with van der Waals surface area (Å²) in [6.45, 7) is 7.88. The van der Waals surface area contributed by atoms with Crippen molar-refractivity contribution in [2.75, 3.05) is 0 Å². The number of aliphatic hydroxyl groups is 1. The zero-order valence-corrected chi connectivity index (χ0v) is 10.8. The molecule has 16 heavy (non-hydrogen) atoms. The number of furan rings is 1. The molecule has 0 aliphatic rings. The van der Waals surface area contributed by atoms with Crippen LogP contribution in [0.2, 0.25) is 0 Å². The summed E-state index contributed by atoms with van der Waals surface area (Å²) in [4.78, 5) is 2.24. The van der Waals surface area contributed by atoms with E-state index in [1.165, 1.54) is 4.88 Å². The zero-order chi connectivity index (χ0) is 11.9. The van der Waals surface area contributed by atoms with Gasteiger partial charge in [-0.2, -0.15) is 0 Å². The van der Waals surface area contributed by atoms with Crippen LogP contribution < -0.4 is 0 Å². The van der Waals surface area contributed by atoms with Gasteiger partial charge in [0.05, 0.1) is 0 Å². The predicted octanol–water partition coefficient (Wildman–Crippen LogP) is 3.66. The number of thiophene rings is 1. The monoisotopic (exact) mass is 236 g/mol. The van der Waals surface area contributed by atoms with Crippen LogP contribution in [-0.4, -0.2) is 5.11 Å². The lowest BCUT2D eigenvalue weighted by molar-refractivity contribution is 0.221. The first-order valence-electron chi connectivity index (χ1n) is 5.31. The molecule has 3 heteroatoms. The number of aryl methyl sites for hydroxylation is 4. The van der Waals surface area contributed by atoms with E-state index < -0.39 is 6.10 Å². The van der Waals surface area contributed by atoms with Crippen molar-refractivity contribution in [3.05, 3.63) is 44.5 Å². The lowest BCUT2D eigenvalue weighted by Gasteiger charge is -2.08. The Labute approximate surface area is 99.5 Å². The summed E-state index contributed by atoms with van der Waals surface area (Å²) < 4.78 is 5.45. The van der Waals surface area contributed by atoms with Crippen molar-refractivity contribution in [2.45, 2.75) is 33.8 Å². The van der Waals surface area contributed by atoms with E-state index in [4.69, 9.17) is 4.42 Å². The Morgan fingerprint density at radius 3 is 2.31 bits per heavy atom. The molecular formula is C13H16O2S. The highest BCUT2D eigenvalue weighted by Crippen LogP contribution is 2.34. The lowest BCUT2D eigenvalue weighted by Crippen LogP contribution is -1.98. The van der Waals surface area contributed by atoms with E-state index >= 15 is 0 Å². The molecule has 0 saturated carbocycles. The van der Waals surface area contributed by atoms with Crippen LogP contribution in [-0.2, 0) is 0 Å². The second-order valence-electron chi connectivity index (χ2n) is 4.18. The maximum atomic E-state index is 10.3. The van der Waals surface area contributed by atoms with E-state index in [9.17, 15) is 5.11 Å². The molecule has 1 atom stereocenters. The number of hydrogen-bond acceptors (Lipinski definition) is 3. The molecule has 0 aromatic carbocycles. The van der Waals surface area contributed by atoms with Gasteiger partial charge in [0.2, 0.25) is 0 Å². The molecule has 0 bridgehead atoms. The lowest BCUT2D eigenvalue weighted by atomic mass is 10.1. The largest absolute Gasteiger partial charge is 0.466 e. The molecule has 0 radical (unpaired) electrons. The molecule has 2 aromatic heterocycles. The highest BCUT2D eigenvalue weighted by molar-refractivity contribution is 7.12. The fourth-order valence-corrected chi connectivity index (χ4v) is 3.04. The van der Waals surface area contributed by atoms with Crippen molar-refractivity contribution in [2.24, 2.45) is 0 Å². The molecule has 0 amide bonds.